The van der Waals surface area contributed by atoms with E-state index in [0.29, 0.717) is 0 Å². The minimum Gasteiger partial charge on any atom is -0.490 e. The highest BCUT2D eigenvalue weighted by molar-refractivity contribution is 5.43. The molecule has 1 unspecified atom stereocenters. The van der Waals surface area contributed by atoms with E-state index in [4.69, 9.17) is 14.2 Å². The zero-order valence-electron chi connectivity index (χ0n) is 11.1. The highest BCUT2D eigenvalue weighted by Gasteiger charge is 2.10. The van der Waals surface area contributed by atoms with Crippen molar-refractivity contribution in [3.8, 4) is 11.5 Å². The Balaban J connectivity index is 1.91. The second-order valence-corrected chi connectivity index (χ2v) is 4.51. The van der Waals surface area contributed by atoms with Crippen LogP contribution in [0.15, 0.2) is 18.2 Å². The quantitative estimate of drug-likeness (QED) is 0.868. The predicted octanol–water partition coefficient (Wildman–Crippen LogP) is 1.97. The average molecular weight is 251 g/mol. The third-order valence-corrected chi connectivity index (χ3v) is 2.98. The van der Waals surface area contributed by atoms with E-state index in [1.54, 1.807) is 7.11 Å². The monoisotopic (exact) mass is 251 g/mol. The Labute approximate surface area is 108 Å². The van der Waals surface area contributed by atoms with E-state index in [0.717, 1.165) is 44.2 Å². The van der Waals surface area contributed by atoms with Crippen LogP contribution in [-0.2, 0) is 11.3 Å². The van der Waals surface area contributed by atoms with E-state index >= 15 is 0 Å². The van der Waals surface area contributed by atoms with Gasteiger partial charge in [-0.1, -0.05) is 6.07 Å². The molecule has 4 nitrogen and oxygen atoms in total. The van der Waals surface area contributed by atoms with Crippen molar-refractivity contribution in [3.63, 3.8) is 0 Å². The molecule has 0 bridgehead atoms. The van der Waals surface area contributed by atoms with E-state index in [2.05, 4.69) is 11.4 Å². The summed E-state index contributed by atoms with van der Waals surface area (Å²) in [6.45, 7) is 5.15. The smallest absolute Gasteiger partial charge is 0.161 e. The molecule has 1 heterocycles. The van der Waals surface area contributed by atoms with Gasteiger partial charge >= 0.3 is 0 Å². The van der Waals surface area contributed by atoms with Crippen molar-refractivity contribution < 1.29 is 14.2 Å². The van der Waals surface area contributed by atoms with Gasteiger partial charge in [-0.15, -0.1) is 0 Å². The minimum atomic E-state index is 0.227. The van der Waals surface area contributed by atoms with E-state index < -0.39 is 0 Å². The van der Waals surface area contributed by atoms with Gasteiger partial charge in [-0.05, 0) is 24.6 Å². The lowest BCUT2D eigenvalue weighted by atomic mass is 10.2. The molecule has 0 radical (unpaired) electrons. The van der Waals surface area contributed by atoms with Gasteiger partial charge in [-0.25, -0.2) is 0 Å². The third kappa shape index (κ3) is 3.62. The van der Waals surface area contributed by atoms with Crippen molar-refractivity contribution in [2.75, 3.05) is 26.9 Å². The summed E-state index contributed by atoms with van der Waals surface area (Å²) in [4.78, 5) is 0. The highest BCUT2D eigenvalue weighted by Crippen LogP contribution is 2.30. The molecule has 0 amide bonds. The van der Waals surface area contributed by atoms with Crippen molar-refractivity contribution in [1.29, 1.82) is 0 Å². The molecule has 0 fully saturated rings. The van der Waals surface area contributed by atoms with Crippen molar-refractivity contribution in [3.05, 3.63) is 23.8 Å². The summed E-state index contributed by atoms with van der Waals surface area (Å²) in [6.07, 6.45) is 1.17. The zero-order valence-corrected chi connectivity index (χ0v) is 11.1. The molecule has 0 saturated carbocycles. The van der Waals surface area contributed by atoms with Gasteiger partial charge in [0.15, 0.2) is 11.5 Å². The van der Waals surface area contributed by atoms with E-state index in [1.807, 2.05) is 19.1 Å². The lowest BCUT2D eigenvalue weighted by Gasteiger charge is -2.12. The Kier molecular flexibility index (Phi) is 4.84. The molecule has 1 aromatic rings. The first-order chi connectivity index (χ1) is 8.79. The van der Waals surface area contributed by atoms with Crippen molar-refractivity contribution in [2.45, 2.75) is 26.0 Å². The van der Waals surface area contributed by atoms with Gasteiger partial charge in [0.2, 0.25) is 0 Å². The first-order valence-corrected chi connectivity index (χ1v) is 6.41. The lowest BCUT2D eigenvalue weighted by Crippen LogP contribution is -2.25. The summed E-state index contributed by atoms with van der Waals surface area (Å²) in [5.74, 6) is 1.70. The standard InChI is InChI=1S/C14H21NO3/c1-11(16-2)9-15-10-12-4-5-13-14(8-12)18-7-3-6-17-13/h4-5,8,11,15H,3,6-7,9-10H2,1-2H3. The number of ether oxygens (including phenoxy) is 3. The van der Waals surface area contributed by atoms with Gasteiger partial charge in [0.1, 0.15) is 0 Å². The van der Waals surface area contributed by atoms with Gasteiger partial charge in [0, 0.05) is 26.6 Å². The molecule has 0 spiro atoms. The van der Waals surface area contributed by atoms with E-state index in [-0.39, 0.29) is 6.10 Å². The fourth-order valence-electron chi connectivity index (χ4n) is 1.82. The molecule has 2 rings (SSSR count). The second kappa shape index (κ2) is 6.61. The number of hydrogen-bond acceptors (Lipinski definition) is 4. The van der Waals surface area contributed by atoms with E-state index in [1.165, 1.54) is 5.56 Å². The summed E-state index contributed by atoms with van der Waals surface area (Å²) in [5.41, 5.74) is 1.20. The van der Waals surface area contributed by atoms with Crippen LogP contribution in [0.1, 0.15) is 18.9 Å². The van der Waals surface area contributed by atoms with Gasteiger partial charge in [0.25, 0.3) is 0 Å². The number of hydrogen-bond donors (Lipinski definition) is 1. The maximum Gasteiger partial charge on any atom is 0.161 e. The largest absolute Gasteiger partial charge is 0.490 e. The molecule has 1 aliphatic rings. The second-order valence-electron chi connectivity index (χ2n) is 4.51. The van der Waals surface area contributed by atoms with Crippen LogP contribution < -0.4 is 14.8 Å². The Morgan fingerprint density at radius 3 is 2.83 bits per heavy atom. The molecule has 1 N–H and O–H groups in total. The molecule has 18 heavy (non-hydrogen) atoms. The van der Waals surface area contributed by atoms with Crippen molar-refractivity contribution in [2.24, 2.45) is 0 Å². The maximum atomic E-state index is 5.66. The Hall–Kier alpha value is -1.26. The first kappa shape index (κ1) is 13.2. The molecule has 100 valence electrons. The number of methoxy groups -OCH3 is 1. The Morgan fingerprint density at radius 2 is 2.06 bits per heavy atom. The molecule has 0 aromatic heterocycles. The van der Waals surface area contributed by atoms with Crippen LogP contribution in [-0.4, -0.2) is 33.0 Å². The molecule has 1 atom stereocenters. The maximum absolute atomic E-state index is 5.66. The van der Waals surface area contributed by atoms with Gasteiger partial charge in [-0.3, -0.25) is 0 Å². The molecule has 0 aliphatic carbocycles. The molecule has 1 aliphatic heterocycles. The molecular formula is C14H21NO3. The topological polar surface area (TPSA) is 39.7 Å². The number of rotatable bonds is 5. The van der Waals surface area contributed by atoms with Gasteiger partial charge in [-0.2, -0.15) is 0 Å². The molecule has 4 heteroatoms. The molecule has 1 aromatic carbocycles. The SMILES string of the molecule is COC(C)CNCc1ccc2c(c1)OCCCO2. The average Bonchev–Trinajstić information content (AvgIpc) is 2.63. The van der Waals surface area contributed by atoms with Crippen LogP contribution in [0.4, 0.5) is 0 Å². The summed E-state index contributed by atoms with van der Waals surface area (Å²) < 4.78 is 16.4. The van der Waals surface area contributed by atoms with Crippen molar-refractivity contribution in [1.82, 2.24) is 5.32 Å². The van der Waals surface area contributed by atoms with Gasteiger partial charge < -0.3 is 19.5 Å². The predicted molar refractivity (Wildman–Crippen MR) is 70.2 cm³/mol. The van der Waals surface area contributed by atoms with Crippen LogP contribution in [0.25, 0.3) is 0 Å². The summed E-state index contributed by atoms with van der Waals surface area (Å²) >= 11 is 0. The Morgan fingerprint density at radius 1 is 1.28 bits per heavy atom. The normalized spacial score (nSPS) is 16.1. The van der Waals surface area contributed by atoms with Gasteiger partial charge in [0.05, 0.1) is 19.3 Å². The van der Waals surface area contributed by atoms with Crippen LogP contribution in [0.3, 0.4) is 0 Å². The minimum absolute atomic E-state index is 0.227. The summed E-state index contributed by atoms with van der Waals surface area (Å²) in [5, 5.41) is 3.35. The lowest BCUT2D eigenvalue weighted by molar-refractivity contribution is 0.117. The van der Waals surface area contributed by atoms with Crippen LogP contribution in [0.5, 0.6) is 11.5 Å². The third-order valence-electron chi connectivity index (χ3n) is 2.98. The summed E-state index contributed by atoms with van der Waals surface area (Å²) in [6, 6.07) is 6.10. The van der Waals surface area contributed by atoms with Crippen LogP contribution in [0.2, 0.25) is 0 Å². The van der Waals surface area contributed by atoms with Crippen LogP contribution >= 0.6 is 0 Å². The molecular weight excluding hydrogens is 230 g/mol. The number of nitrogens with one attached hydrogen (secondary N) is 1. The first-order valence-electron chi connectivity index (χ1n) is 6.41. The summed E-state index contributed by atoms with van der Waals surface area (Å²) in [7, 11) is 1.72. The molecule has 0 saturated heterocycles. The fraction of sp³-hybridized carbons (Fsp3) is 0.571. The Bertz CT molecular complexity index is 381. The zero-order chi connectivity index (χ0) is 12.8. The number of benzene rings is 1. The fourth-order valence-corrected chi connectivity index (χ4v) is 1.82. The van der Waals surface area contributed by atoms with E-state index in [9.17, 15) is 0 Å². The van der Waals surface area contributed by atoms with Crippen molar-refractivity contribution >= 4 is 0 Å². The van der Waals surface area contributed by atoms with Crippen LogP contribution in [0, 0.1) is 0 Å². The number of fused-ring (bicyclic) bond motifs is 1. The highest BCUT2D eigenvalue weighted by atomic mass is 16.5.